The maximum absolute atomic E-state index is 13.1. The van der Waals surface area contributed by atoms with Crippen molar-refractivity contribution in [1.29, 1.82) is 0 Å². The molecule has 1 saturated heterocycles. The fourth-order valence-corrected chi connectivity index (χ4v) is 3.98. The van der Waals surface area contributed by atoms with Crippen molar-refractivity contribution in [2.45, 2.75) is 39.0 Å². The summed E-state index contributed by atoms with van der Waals surface area (Å²) in [6.45, 7) is 7.41. The topological polar surface area (TPSA) is 42.0 Å². The first kappa shape index (κ1) is 23.1. The molecule has 31 heavy (non-hydrogen) atoms. The molecule has 1 fully saturated rings. The summed E-state index contributed by atoms with van der Waals surface area (Å²) in [7, 11) is 1.62. The molecule has 0 spiro atoms. The Morgan fingerprint density at radius 2 is 1.81 bits per heavy atom. The molecule has 5 nitrogen and oxygen atoms in total. The second-order valence-electron chi connectivity index (χ2n) is 8.14. The van der Waals surface area contributed by atoms with Crippen LogP contribution < -0.4 is 9.47 Å². The fourth-order valence-electron chi connectivity index (χ4n) is 3.98. The Hall–Kier alpha value is -2.53. The average molecular weight is 425 g/mol. The van der Waals surface area contributed by atoms with Crippen LogP contribution in [-0.2, 0) is 6.42 Å². The number of benzene rings is 2. The molecule has 1 heterocycles. The molecule has 1 amide bonds. The van der Waals surface area contributed by atoms with Gasteiger partial charge in [0.2, 0.25) is 0 Å². The molecule has 0 aliphatic carbocycles. The molecule has 0 atom stereocenters. The summed E-state index contributed by atoms with van der Waals surface area (Å²) < 4.78 is 11.3. The van der Waals surface area contributed by atoms with Gasteiger partial charge in [0.25, 0.3) is 5.91 Å². The van der Waals surface area contributed by atoms with Crippen molar-refractivity contribution in [2.24, 2.45) is 0 Å². The fraction of sp³-hybridized carbons (Fsp3) is 0.500. The number of ether oxygens (including phenoxy) is 2. The molecule has 0 saturated carbocycles. The van der Waals surface area contributed by atoms with E-state index >= 15 is 0 Å². The van der Waals surface area contributed by atoms with Gasteiger partial charge in [0.1, 0.15) is 0 Å². The number of carbonyl (C=O) groups is 1. The lowest BCUT2D eigenvalue weighted by Gasteiger charge is -2.22. The molecule has 0 unspecified atom stereocenters. The van der Waals surface area contributed by atoms with Crippen molar-refractivity contribution in [3.05, 3.63) is 59.7 Å². The number of rotatable bonds is 10. The summed E-state index contributed by atoms with van der Waals surface area (Å²) in [5, 5.41) is 0. The van der Waals surface area contributed by atoms with E-state index in [1.165, 1.54) is 5.56 Å². The number of methoxy groups -OCH3 is 1. The second kappa shape index (κ2) is 12.4. The van der Waals surface area contributed by atoms with Crippen molar-refractivity contribution in [3.8, 4) is 11.5 Å². The van der Waals surface area contributed by atoms with E-state index in [0.717, 1.165) is 64.8 Å². The predicted octanol–water partition coefficient (Wildman–Crippen LogP) is 4.65. The van der Waals surface area contributed by atoms with E-state index in [1.807, 2.05) is 23.1 Å². The van der Waals surface area contributed by atoms with Gasteiger partial charge >= 0.3 is 0 Å². The first-order chi connectivity index (χ1) is 15.2. The van der Waals surface area contributed by atoms with Crippen LogP contribution in [0.2, 0.25) is 0 Å². The summed E-state index contributed by atoms with van der Waals surface area (Å²) in [5.74, 6) is 1.40. The van der Waals surface area contributed by atoms with Crippen LogP contribution in [0.25, 0.3) is 0 Å². The Balaban J connectivity index is 1.51. The minimum atomic E-state index is 0.0737. The number of nitrogens with zero attached hydrogens (tertiary/aromatic N) is 2. The van der Waals surface area contributed by atoms with Gasteiger partial charge in [0.05, 0.1) is 13.7 Å². The van der Waals surface area contributed by atoms with Crippen LogP contribution in [-0.4, -0.2) is 62.1 Å². The van der Waals surface area contributed by atoms with Gasteiger partial charge < -0.3 is 19.3 Å². The van der Waals surface area contributed by atoms with Crippen LogP contribution in [0.3, 0.4) is 0 Å². The normalized spacial score (nSPS) is 14.8. The first-order valence-corrected chi connectivity index (χ1v) is 11.6. The van der Waals surface area contributed by atoms with E-state index in [4.69, 9.17) is 9.47 Å². The summed E-state index contributed by atoms with van der Waals surface area (Å²) in [4.78, 5) is 17.6. The predicted molar refractivity (Wildman–Crippen MR) is 125 cm³/mol. The van der Waals surface area contributed by atoms with Crippen LogP contribution in [0, 0.1) is 0 Å². The van der Waals surface area contributed by atoms with Gasteiger partial charge in [-0.15, -0.1) is 0 Å². The number of hydrogen-bond donors (Lipinski definition) is 0. The van der Waals surface area contributed by atoms with Crippen molar-refractivity contribution in [3.63, 3.8) is 0 Å². The lowest BCUT2D eigenvalue weighted by Crippen LogP contribution is -2.35. The number of hydrogen-bond acceptors (Lipinski definition) is 4. The molecule has 0 aromatic heterocycles. The zero-order chi connectivity index (χ0) is 21.9. The Labute approximate surface area is 187 Å². The average Bonchev–Trinajstić information content (AvgIpc) is 3.05. The van der Waals surface area contributed by atoms with Crippen LogP contribution in [0.4, 0.5) is 0 Å². The quantitative estimate of drug-likeness (QED) is 0.521. The Morgan fingerprint density at radius 3 is 2.58 bits per heavy atom. The van der Waals surface area contributed by atoms with Gasteiger partial charge in [0, 0.05) is 25.2 Å². The third kappa shape index (κ3) is 7.00. The Morgan fingerprint density at radius 1 is 0.968 bits per heavy atom. The maximum atomic E-state index is 13.1. The smallest absolute Gasteiger partial charge is 0.254 e. The van der Waals surface area contributed by atoms with Gasteiger partial charge in [-0.05, 0) is 62.5 Å². The molecule has 168 valence electrons. The van der Waals surface area contributed by atoms with Crippen LogP contribution >= 0.6 is 0 Å². The zero-order valence-corrected chi connectivity index (χ0v) is 19.0. The highest BCUT2D eigenvalue weighted by molar-refractivity contribution is 5.95. The molecule has 0 N–H and O–H groups in total. The van der Waals surface area contributed by atoms with Gasteiger partial charge in [-0.2, -0.15) is 0 Å². The van der Waals surface area contributed by atoms with E-state index < -0.39 is 0 Å². The van der Waals surface area contributed by atoms with Crippen molar-refractivity contribution >= 4 is 5.91 Å². The number of aryl methyl sites for hydroxylation is 1. The highest BCUT2D eigenvalue weighted by atomic mass is 16.5. The molecule has 0 radical (unpaired) electrons. The highest BCUT2D eigenvalue weighted by Gasteiger charge is 2.21. The number of unbranched alkanes of at least 4 members (excludes halogenated alkanes) is 1. The monoisotopic (exact) mass is 424 g/mol. The molecule has 3 rings (SSSR count). The lowest BCUT2D eigenvalue weighted by molar-refractivity contribution is 0.0761. The molecular weight excluding hydrogens is 388 g/mol. The lowest BCUT2D eigenvalue weighted by atomic mass is 10.1. The molecule has 2 aromatic rings. The Bertz CT molecular complexity index is 810. The van der Waals surface area contributed by atoms with Gasteiger partial charge in [-0.3, -0.25) is 4.79 Å². The van der Waals surface area contributed by atoms with Crippen LogP contribution in [0.5, 0.6) is 11.5 Å². The standard InChI is InChI=1S/C26H36N2O3/c1-3-4-20-31-24-14-13-23(21-25(24)30-2)26(29)28-17-9-16-27(18-19-28)15-8-12-22-10-6-5-7-11-22/h5-7,10-11,13-14,21H,3-4,8-9,12,15-20H2,1-2H3. The van der Waals surface area contributed by atoms with E-state index in [1.54, 1.807) is 7.11 Å². The van der Waals surface area contributed by atoms with Crippen molar-refractivity contribution in [2.75, 3.05) is 46.4 Å². The van der Waals surface area contributed by atoms with Crippen molar-refractivity contribution in [1.82, 2.24) is 9.80 Å². The maximum Gasteiger partial charge on any atom is 0.254 e. The number of amides is 1. The van der Waals surface area contributed by atoms with E-state index in [2.05, 4.69) is 42.2 Å². The molecule has 2 aromatic carbocycles. The molecule has 1 aliphatic heterocycles. The first-order valence-electron chi connectivity index (χ1n) is 11.6. The zero-order valence-electron chi connectivity index (χ0n) is 19.0. The van der Waals surface area contributed by atoms with E-state index in [0.29, 0.717) is 23.7 Å². The third-order valence-electron chi connectivity index (χ3n) is 5.82. The number of carbonyl (C=O) groups excluding carboxylic acids is 1. The summed E-state index contributed by atoms with van der Waals surface area (Å²) in [6.07, 6.45) is 5.34. The third-order valence-corrected chi connectivity index (χ3v) is 5.82. The summed E-state index contributed by atoms with van der Waals surface area (Å²) in [6, 6.07) is 16.2. The van der Waals surface area contributed by atoms with Gasteiger partial charge in [-0.25, -0.2) is 0 Å². The van der Waals surface area contributed by atoms with Gasteiger partial charge in [-0.1, -0.05) is 43.7 Å². The second-order valence-corrected chi connectivity index (χ2v) is 8.14. The minimum Gasteiger partial charge on any atom is -0.493 e. The minimum absolute atomic E-state index is 0.0737. The largest absolute Gasteiger partial charge is 0.493 e. The van der Waals surface area contributed by atoms with E-state index in [9.17, 15) is 4.79 Å². The molecule has 5 heteroatoms. The highest BCUT2D eigenvalue weighted by Crippen LogP contribution is 2.29. The van der Waals surface area contributed by atoms with E-state index in [-0.39, 0.29) is 5.91 Å². The molecule has 1 aliphatic rings. The summed E-state index contributed by atoms with van der Waals surface area (Å²) >= 11 is 0. The van der Waals surface area contributed by atoms with Crippen LogP contribution in [0.1, 0.15) is 48.5 Å². The van der Waals surface area contributed by atoms with Gasteiger partial charge in [0.15, 0.2) is 11.5 Å². The van der Waals surface area contributed by atoms with Crippen molar-refractivity contribution < 1.29 is 14.3 Å². The Kier molecular flexibility index (Phi) is 9.22. The molecular formula is C26H36N2O3. The van der Waals surface area contributed by atoms with Crippen LogP contribution in [0.15, 0.2) is 48.5 Å². The summed E-state index contributed by atoms with van der Waals surface area (Å²) in [5.41, 5.74) is 2.06. The SMILES string of the molecule is CCCCOc1ccc(C(=O)N2CCCN(CCCc3ccccc3)CC2)cc1OC. The molecule has 0 bridgehead atoms.